The quantitative estimate of drug-likeness (QED) is 0.846. The fraction of sp³-hybridized carbons (Fsp3) is 0.571. The van der Waals surface area contributed by atoms with Crippen LogP contribution in [0, 0.1) is 0 Å². The van der Waals surface area contributed by atoms with Gasteiger partial charge in [0.05, 0.1) is 23.9 Å². The summed E-state index contributed by atoms with van der Waals surface area (Å²) in [5.41, 5.74) is 7.68. The van der Waals surface area contributed by atoms with E-state index in [-0.39, 0.29) is 5.79 Å². The van der Waals surface area contributed by atoms with Gasteiger partial charge in [-0.05, 0) is 17.7 Å². The zero-order chi connectivity index (χ0) is 13.3. The molecule has 1 aromatic rings. The number of rotatable bonds is 2. The lowest BCUT2D eigenvalue weighted by molar-refractivity contribution is -0.185. The van der Waals surface area contributed by atoms with Crippen LogP contribution in [0.5, 0.6) is 0 Å². The second kappa shape index (κ2) is 5.29. The number of hydrogen-bond donors (Lipinski definition) is 1. The normalized spacial score (nSPS) is 23.0. The minimum absolute atomic E-state index is 0.296. The molecule has 2 aliphatic heterocycles. The summed E-state index contributed by atoms with van der Waals surface area (Å²) in [5, 5.41) is 0.620. The van der Waals surface area contributed by atoms with E-state index in [1.54, 1.807) is 0 Å². The molecule has 1 aromatic carbocycles. The summed E-state index contributed by atoms with van der Waals surface area (Å²) in [7, 11) is 0. The lowest BCUT2D eigenvalue weighted by Crippen LogP contribution is -2.44. The van der Waals surface area contributed by atoms with E-state index in [2.05, 4.69) is 4.90 Å². The Labute approximate surface area is 118 Å². The molecule has 2 aliphatic rings. The highest BCUT2D eigenvalue weighted by molar-refractivity contribution is 6.33. The second-order valence-electron chi connectivity index (χ2n) is 5.24. The summed E-state index contributed by atoms with van der Waals surface area (Å²) >= 11 is 5.93. The molecule has 0 radical (unpaired) electrons. The summed E-state index contributed by atoms with van der Waals surface area (Å²) in [6.45, 7) is 4.34. The van der Waals surface area contributed by atoms with Crippen molar-refractivity contribution in [2.24, 2.45) is 0 Å². The average molecular weight is 283 g/mol. The van der Waals surface area contributed by atoms with Gasteiger partial charge >= 0.3 is 0 Å². The Morgan fingerprint density at radius 1 is 1.21 bits per heavy atom. The van der Waals surface area contributed by atoms with Gasteiger partial charge in [0.25, 0.3) is 0 Å². The molecule has 0 aromatic heterocycles. The molecule has 2 N–H and O–H groups in total. The van der Waals surface area contributed by atoms with Gasteiger partial charge in [0, 0.05) is 32.5 Å². The van der Waals surface area contributed by atoms with E-state index in [1.807, 2.05) is 18.2 Å². The van der Waals surface area contributed by atoms with Crippen LogP contribution in [0.3, 0.4) is 0 Å². The fourth-order valence-electron chi connectivity index (χ4n) is 2.79. The first kappa shape index (κ1) is 13.2. The van der Waals surface area contributed by atoms with Gasteiger partial charge in [-0.2, -0.15) is 0 Å². The lowest BCUT2D eigenvalue weighted by Gasteiger charge is -2.37. The summed E-state index contributed by atoms with van der Waals surface area (Å²) in [4.78, 5) is 2.40. The Hall–Kier alpha value is -0.810. The molecule has 0 aliphatic carbocycles. The van der Waals surface area contributed by atoms with Gasteiger partial charge in [-0.25, -0.2) is 0 Å². The number of ether oxygens (including phenoxy) is 2. The zero-order valence-electron chi connectivity index (χ0n) is 10.9. The van der Waals surface area contributed by atoms with Crippen molar-refractivity contribution in [2.45, 2.75) is 25.2 Å². The number of nitrogens with two attached hydrogens (primary N) is 1. The maximum atomic E-state index is 5.93. The van der Waals surface area contributed by atoms with Gasteiger partial charge < -0.3 is 15.2 Å². The number of piperidine rings is 1. The summed E-state index contributed by atoms with van der Waals surface area (Å²) in [6, 6.07) is 5.85. The molecule has 4 nitrogen and oxygen atoms in total. The van der Waals surface area contributed by atoms with Crippen LogP contribution in [0.2, 0.25) is 5.02 Å². The summed E-state index contributed by atoms with van der Waals surface area (Å²) < 4.78 is 11.5. The van der Waals surface area contributed by atoms with Crippen LogP contribution in [-0.2, 0) is 16.0 Å². The van der Waals surface area contributed by atoms with Crippen LogP contribution in [0.4, 0.5) is 5.69 Å². The van der Waals surface area contributed by atoms with Crippen molar-refractivity contribution < 1.29 is 9.47 Å². The molecule has 5 heteroatoms. The van der Waals surface area contributed by atoms with E-state index >= 15 is 0 Å². The van der Waals surface area contributed by atoms with E-state index in [0.717, 1.165) is 45.7 Å². The molecule has 0 unspecified atom stereocenters. The predicted molar refractivity (Wildman–Crippen MR) is 75.0 cm³/mol. The number of likely N-dealkylation sites (tertiary alicyclic amines) is 1. The third-order valence-corrected chi connectivity index (χ3v) is 4.24. The van der Waals surface area contributed by atoms with E-state index in [9.17, 15) is 0 Å². The largest absolute Gasteiger partial charge is 0.398 e. The molecule has 2 heterocycles. The maximum Gasteiger partial charge on any atom is 0.170 e. The number of nitrogens with zero attached hydrogens (tertiary/aromatic N) is 1. The van der Waals surface area contributed by atoms with Crippen molar-refractivity contribution in [3.8, 4) is 0 Å². The van der Waals surface area contributed by atoms with Gasteiger partial charge in [0.15, 0.2) is 5.79 Å². The molecule has 104 valence electrons. The third-order valence-electron chi connectivity index (χ3n) is 3.90. The first-order valence-electron chi connectivity index (χ1n) is 6.71. The lowest BCUT2D eigenvalue weighted by atomic mass is 10.0. The Balaban J connectivity index is 1.58. The van der Waals surface area contributed by atoms with Crippen LogP contribution in [0.15, 0.2) is 18.2 Å². The van der Waals surface area contributed by atoms with Gasteiger partial charge in [-0.1, -0.05) is 17.7 Å². The standard InChI is InChI=1S/C14H19ClN2O2/c15-12-2-1-11(9-13(12)16)10-17-5-3-14(4-6-17)18-7-8-19-14/h1-2,9H,3-8,10,16H2. The van der Waals surface area contributed by atoms with Crippen LogP contribution < -0.4 is 5.73 Å². The van der Waals surface area contributed by atoms with Crippen molar-refractivity contribution in [3.05, 3.63) is 28.8 Å². The molecule has 1 spiro atoms. The van der Waals surface area contributed by atoms with Crippen molar-refractivity contribution in [1.29, 1.82) is 0 Å². The molecular weight excluding hydrogens is 264 g/mol. The second-order valence-corrected chi connectivity index (χ2v) is 5.65. The zero-order valence-corrected chi connectivity index (χ0v) is 11.7. The van der Waals surface area contributed by atoms with Gasteiger partial charge in [0.1, 0.15) is 0 Å². The highest BCUT2D eigenvalue weighted by atomic mass is 35.5. The number of halogens is 1. The Kier molecular flexibility index (Phi) is 3.67. The van der Waals surface area contributed by atoms with Crippen LogP contribution in [0.25, 0.3) is 0 Å². The Morgan fingerprint density at radius 2 is 1.89 bits per heavy atom. The Bertz CT molecular complexity index is 451. The molecule has 0 atom stereocenters. The molecule has 2 saturated heterocycles. The smallest absolute Gasteiger partial charge is 0.170 e. The highest BCUT2D eigenvalue weighted by Gasteiger charge is 2.39. The van der Waals surface area contributed by atoms with Gasteiger partial charge in [-0.15, -0.1) is 0 Å². The van der Waals surface area contributed by atoms with Crippen LogP contribution in [0.1, 0.15) is 18.4 Å². The van der Waals surface area contributed by atoms with Crippen molar-refractivity contribution >= 4 is 17.3 Å². The SMILES string of the molecule is Nc1cc(CN2CCC3(CC2)OCCO3)ccc1Cl. The van der Waals surface area contributed by atoms with Crippen LogP contribution in [-0.4, -0.2) is 37.0 Å². The Morgan fingerprint density at radius 3 is 2.53 bits per heavy atom. The van der Waals surface area contributed by atoms with E-state index < -0.39 is 0 Å². The first-order chi connectivity index (χ1) is 9.17. The third kappa shape index (κ3) is 2.87. The maximum absolute atomic E-state index is 5.93. The summed E-state index contributed by atoms with van der Waals surface area (Å²) in [5.74, 6) is -0.296. The minimum atomic E-state index is -0.296. The molecule has 2 fully saturated rings. The van der Waals surface area contributed by atoms with E-state index in [1.165, 1.54) is 5.56 Å². The molecule has 0 amide bonds. The number of hydrogen-bond acceptors (Lipinski definition) is 4. The molecule has 0 saturated carbocycles. The van der Waals surface area contributed by atoms with Gasteiger partial charge in [-0.3, -0.25) is 4.90 Å². The average Bonchev–Trinajstić information content (AvgIpc) is 2.86. The predicted octanol–water partition coefficient (Wildman–Crippen LogP) is 2.26. The van der Waals surface area contributed by atoms with Crippen molar-refractivity contribution in [2.75, 3.05) is 32.0 Å². The minimum Gasteiger partial charge on any atom is -0.398 e. The summed E-state index contributed by atoms with van der Waals surface area (Å²) in [6.07, 6.45) is 1.88. The number of benzene rings is 1. The molecule has 19 heavy (non-hydrogen) atoms. The molecular formula is C14H19ClN2O2. The topological polar surface area (TPSA) is 47.7 Å². The van der Waals surface area contributed by atoms with Crippen molar-refractivity contribution in [3.63, 3.8) is 0 Å². The fourth-order valence-corrected chi connectivity index (χ4v) is 2.90. The van der Waals surface area contributed by atoms with E-state index in [4.69, 9.17) is 26.8 Å². The molecule has 0 bridgehead atoms. The van der Waals surface area contributed by atoms with E-state index in [0.29, 0.717) is 10.7 Å². The number of anilines is 1. The molecule has 3 rings (SSSR count). The van der Waals surface area contributed by atoms with Gasteiger partial charge in [0.2, 0.25) is 0 Å². The van der Waals surface area contributed by atoms with Crippen molar-refractivity contribution in [1.82, 2.24) is 4.90 Å². The van der Waals surface area contributed by atoms with Crippen LogP contribution >= 0.6 is 11.6 Å². The highest BCUT2D eigenvalue weighted by Crippen LogP contribution is 2.32. The first-order valence-corrected chi connectivity index (χ1v) is 7.09. The number of nitrogen functional groups attached to an aromatic ring is 1. The monoisotopic (exact) mass is 282 g/mol.